The highest BCUT2D eigenvalue weighted by Crippen LogP contribution is 2.16. The molecule has 0 radical (unpaired) electrons. The van der Waals surface area contributed by atoms with Crippen molar-refractivity contribution in [3.63, 3.8) is 0 Å². The molecule has 114 valence electrons. The van der Waals surface area contributed by atoms with Gasteiger partial charge in [-0.2, -0.15) is 0 Å². The predicted molar refractivity (Wildman–Crippen MR) is 83.0 cm³/mol. The van der Waals surface area contributed by atoms with Crippen molar-refractivity contribution in [3.8, 4) is 0 Å². The summed E-state index contributed by atoms with van der Waals surface area (Å²) < 4.78 is 5.58. The van der Waals surface area contributed by atoms with Gasteiger partial charge in [-0.05, 0) is 24.3 Å². The second-order valence-corrected chi connectivity index (χ2v) is 5.29. The van der Waals surface area contributed by atoms with Crippen LogP contribution >= 0.6 is 11.6 Å². The van der Waals surface area contributed by atoms with Crippen molar-refractivity contribution in [3.05, 3.63) is 53.1 Å². The van der Waals surface area contributed by atoms with Crippen LogP contribution in [0.3, 0.4) is 0 Å². The molecule has 1 aliphatic rings. The molecule has 1 amide bonds. The Balaban J connectivity index is 1.65. The van der Waals surface area contributed by atoms with Gasteiger partial charge in [0.25, 0.3) is 5.91 Å². The molecule has 0 unspecified atom stereocenters. The van der Waals surface area contributed by atoms with E-state index in [1.807, 2.05) is 0 Å². The Morgan fingerprint density at radius 2 is 2.00 bits per heavy atom. The van der Waals surface area contributed by atoms with Crippen LogP contribution in [0, 0.1) is 0 Å². The lowest BCUT2D eigenvalue weighted by molar-refractivity contribution is 0.0221. The van der Waals surface area contributed by atoms with E-state index in [1.165, 1.54) is 0 Å². The number of ether oxygens (including phenoxy) is 1. The number of hydrogen-bond donors (Lipinski definition) is 2. The SMILES string of the molecule is O=C(Nc1cnc([C@@H]2CNCCO2)nc1)c1ccc(Cl)cc1. The van der Waals surface area contributed by atoms with E-state index in [2.05, 4.69) is 20.6 Å². The van der Waals surface area contributed by atoms with Gasteiger partial charge < -0.3 is 15.4 Å². The van der Waals surface area contributed by atoms with Crippen molar-refractivity contribution in [2.24, 2.45) is 0 Å². The number of benzene rings is 1. The summed E-state index contributed by atoms with van der Waals surface area (Å²) in [4.78, 5) is 20.6. The lowest BCUT2D eigenvalue weighted by atomic mass is 10.2. The van der Waals surface area contributed by atoms with Crippen molar-refractivity contribution in [1.82, 2.24) is 15.3 Å². The van der Waals surface area contributed by atoms with E-state index in [4.69, 9.17) is 16.3 Å². The van der Waals surface area contributed by atoms with Gasteiger partial charge >= 0.3 is 0 Å². The normalized spacial score (nSPS) is 18.0. The molecule has 1 saturated heterocycles. The minimum atomic E-state index is -0.233. The van der Waals surface area contributed by atoms with Gasteiger partial charge in [0, 0.05) is 23.7 Å². The maximum Gasteiger partial charge on any atom is 0.255 e. The Morgan fingerprint density at radius 1 is 1.27 bits per heavy atom. The molecule has 0 bridgehead atoms. The molecule has 2 N–H and O–H groups in total. The molecule has 3 rings (SSSR count). The van der Waals surface area contributed by atoms with Gasteiger partial charge in [0.05, 0.1) is 24.7 Å². The summed E-state index contributed by atoms with van der Waals surface area (Å²) in [7, 11) is 0. The Morgan fingerprint density at radius 3 is 2.64 bits per heavy atom. The maximum atomic E-state index is 12.1. The molecule has 0 spiro atoms. The number of hydrogen-bond acceptors (Lipinski definition) is 5. The van der Waals surface area contributed by atoms with Crippen molar-refractivity contribution in [1.29, 1.82) is 0 Å². The summed E-state index contributed by atoms with van der Waals surface area (Å²) in [6.45, 7) is 2.17. The van der Waals surface area contributed by atoms with Crippen LogP contribution < -0.4 is 10.6 Å². The Kier molecular flexibility index (Phi) is 4.62. The fourth-order valence-electron chi connectivity index (χ4n) is 2.10. The van der Waals surface area contributed by atoms with Crippen LogP contribution in [-0.2, 0) is 4.74 Å². The first-order valence-electron chi connectivity index (χ1n) is 6.93. The number of nitrogens with zero attached hydrogens (tertiary/aromatic N) is 2. The average Bonchev–Trinajstić information content (AvgIpc) is 2.57. The molecule has 1 aliphatic heterocycles. The number of aromatic nitrogens is 2. The third kappa shape index (κ3) is 3.59. The number of amides is 1. The molecule has 0 saturated carbocycles. The first kappa shape index (κ1) is 14.9. The van der Waals surface area contributed by atoms with E-state index in [-0.39, 0.29) is 12.0 Å². The van der Waals surface area contributed by atoms with Crippen LogP contribution in [-0.4, -0.2) is 35.6 Å². The highest BCUT2D eigenvalue weighted by Gasteiger charge is 2.18. The second kappa shape index (κ2) is 6.83. The highest BCUT2D eigenvalue weighted by atomic mass is 35.5. The summed E-state index contributed by atoms with van der Waals surface area (Å²) in [6.07, 6.45) is 3.01. The molecule has 1 atom stereocenters. The Hall–Kier alpha value is -2.02. The van der Waals surface area contributed by atoms with Crippen LogP contribution in [0.25, 0.3) is 0 Å². The Bertz CT molecular complexity index is 640. The maximum absolute atomic E-state index is 12.1. The first-order valence-corrected chi connectivity index (χ1v) is 7.31. The molecule has 6 nitrogen and oxygen atoms in total. The number of halogens is 1. The molecular weight excluding hydrogens is 304 g/mol. The summed E-state index contributed by atoms with van der Waals surface area (Å²) >= 11 is 5.80. The zero-order valence-corrected chi connectivity index (χ0v) is 12.5. The number of rotatable bonds is 3. The monoisotopic (exact) mass is 318 g/mol. The van der Waals surface area contributed by atoms with E-state index in [0.717, 1.165) is 6.54 Å². The highest BCUT2D eigenvalue weighted by molar-refractivity contribution is 6.30. The molecule has 2 aromatic rings. The largest absolute Gasteiger partial charge is 0.368 e. The lowest BCUT2D eigenvalue weighted by Gasteiger charge is -2.22. The van der Waals surface area contributed by atoms with Crippen LogP contribution in [0.15, 0.2) is 36.7 Å². The number of carbonyl (C=O) groups is 1. The van der Waals surface area contributed by atoms with E-state index in [1.54, 1.807) is 36.7 Å². The molecule has 1 fully saturated rings. The van der Waals surface area contributed by atoms with Gasteiger partial charge in [-0.15, -0.1) is 0 Å². The van der Waals surface area contributed by atoms with Gasteiger partial charge in [-0.3, -0.25) is 4.79 Å². The van der Waals surface area contributed by atoms with E-state index < -0.39 is 0 Å². The van der Waals surface area contributed by atoms with E-state index >= 15 is 0 Å². The molecule has 0 aliphatic carbocycles. The Labute approximate surface area is 132 Å². The molecular formula is C15H15ClN4O2. The third-order valence-corrected chi connectivity index (χ3v) is 3.50. The number of nitrogens with one attached hydrogen (secondary N) is 2. The summed E-state index contributed by atoms with van der Waals surface area (Å²) in [5.74, 6) is 0.375. The van der Waals surface area contributed by atoms with E-state index in [0.29, 0.717) is 35.2 Å². The van der Waals surface area contributed by atoms with Crippen molar-refractivity contribution < 1.29 is 9.53 Å². The summed E-state index contributed by atoms with van der Waals surface area (Å²) in [5.41, 5.74) is 1.06. The van der Waals surface area contributed by atoms with Crippen LogP contribution in [0.2, 0.25) is 5.02 Å². The van der Waals surface area contributed by atoms with Gasteiger partial charge in [-0.25, -0.2) is 9.97 Å². The van der Waals surface area contributed by atoms with E-state index in [9.17, 15) is 4.79 Å². The smallest absolute Gasteiger partial charge is 0.255 e. The van der Waals surface area contributed by atoms with Gasteiger partial charge in [-0.1, -0.05) is 11.6 Å². The topological polar surface area (TPSA) is 76.1 Å². The first-order chi connectivity index (χ1) is 10.7. The molecule has 22 heavy (non-hydrogen) atoms. The fourth-order valence-corrected chi connectivity index (χ4v) is 2.23. The zero-order valence-electron chi connectivity index (χ0n) is 11.8. The van der Waals surface area contributed by atoms with Gasteiger partial charge in [0.1, 0.15) is 6.10 Å². The summed E-state index contributed by atoms with van der Waals surface area (Å²) in [5, 5.41) is 6.55. The molecule has 2 heterocycles. The van der Waals surface area contributed by atoms with Crippen LogP contribution in [0.4, 0.5) is 5.69 Å². The standard InChI is InChI=1S/C15H15ClN4O2/c16-11-3-1-10(2-4-11)15(21)20-12-7-18-14(19-8-12)13-9-17-5-6-22-13/h1-4,7-8,13,17H,5-6,9H2,(H,20,21)/t13-/m0/s1. The van der Waals surface area contributed by atoms with Gasteiger partial charge in [0.15, 0.2) is 5.82 Å². The van der Waals surface area contributed by atoms with Crippen molar-refractivity contribution >= 4 is 23.2 Å². The number of morpholine rings is 1. The average molecular weight is 319 g/mol. The van der Waals surface area contributed by atoms with Crippen molar-refractivity contribution in [2.75, 3.05) is 25.0 Å². The minimum Gasteiger partial charge on any atom is -0.368 e. The van der Waals surface area contributed by atoms with Crippen molar-refractivity contribution in [2.45, 2.75) is 6.10 Å². The quantitative estimate of drug-likeness (QED) is 0.905. The zero-order chi connectivity index (χ0) is 15.4. The number of anilines is 1. The predicted octanol–water partition coefficient (Wildman–Crippen LogP) is 2.04. The molecule has 1 aromatic carbocycles. The summed E-state index contributed by atoms with van der Waals surface area (Å²) in [6, 6.07) is 6.66. The minimum absolute atomic E-state index is 0.144. The lowest BCUT2D eigenvalue weighted by Crippen LogP contribution is -2.34. The van der Waals surface area contributed by atoms with Crippen LogP contribution in [0.1, 0.15) is 22.3 Å². The molecule has 1 aromatic heterocycles. The van der Waals surface area contributed by atoms with Crippen LogP contribution in [0.5, 0.6) is 0 Å². The fraction of sp³-hybridized carbons (Fsp3) is 0.267. The third-order valence-electron chi connectivity index (χ3n) is 3.25. The van der Waals surface area contributed by atoms with Gasteiger partial charge in [0.2, 0.25) is 0 Å². The number of carbonyl (C=O) groups excluding carboxylic acids is 1. The second-order valence-electron chi connectivity index (χ2n) is 4.85. The molecule has 7 heteroatoms.